The van der Waals surface area contributed by atoms with Gasteiger partial charge in [-0.2, -0.15) is 13.2 Å². The van der Waals surface area contributed by atoms with E-state index in [1.165, 1.54) is 24.7 Å². The van der Waals surface area contributed by atoms with Gasteiger partial charge >= 0.3 is 6.18 Å². The summed E-state index contributed by atoms with van der Waals surface area (Å²) in [5, 5.41) is 5.23. The molecule has 0 bridgehead atoms. The second kappa shape index (κ2) is 10.6. The zero-order chi connectivity index (χ0) is 28.4. The Balaban J connectivity index is 1.35. The standard InChI is InChI=1S/C29H23F3N6O2/c1-17-3-5-21(11-20(17)6-4-18-15-34-28(35-16-18)37-26(39)19-7-8-19)27(40)36-24-13-22(25-33-9-10-38(25)2)12-23(14-24)29(30,31)32/h3,5,9-16,19H,7-8H2,1-2H3,(H,36,40)(H,34,35,37,39). The lowest BCUT2D eigenvalue weighted by Gasteiger charge is -2.13. The summed E-state index contributed by atoms with van der Waals surface area (Å²) in [6.07, 6.45) is 3.21. The predicted molar refractivity (Wildman–Crippen MR) is 142 cm³/mol. The first-order chi connectivity index (χ1) is 19.1. The number of amides is 2. The van der Waals surface area contributed by atoms with Gasteiger partial charge in [-0.25, -0.2) is 15.0 Å². The van der Waals surface area contributed by atoms with Crippen molar-refractivity contribution in [3.8, 4) is 23.2 Å². The van der Waals surface area contributed by atoms with E-state index in [1.54, 1.807) is 36.0 Å². The fourth-order valence-electron chi connectivity index (χ4n) is 3.89. The summed E-state index contributed by atoms with van der Waals surface area (Å²) < 4.78 is 42.4. The molecule has 4 aromatic rings. The zero-order valence-corrected chi connectivity index (χ0v) is 21.5. The van der Waals surface area contributed by atoms with Crippen LogP contribution in [0.15, 0.2) is 61.2 Å². The fraction of sp³-hybridized carbons (Fsp3) is 0.207. The highest BCUT2D eigenvalue weighted by Crippen LogP contribution is 2.34. The molecule has 2 N–H and O–H groups in total. The van der Waals surface area contributed by atoms with Crippen LogP contribution in [0.5, 0.6) is 0 Å². The number of aryl methyl sites for hydroxylation is 2. The van der Waals surface area contributed by atoms with Crippen LogP contribution < -0.4 is 10.6 Å². The molecule has 0 atom stereocenters. The van der Waals surface area contributed by atoms with Crippen LogP contribution in [0.2, 0.25) is 0 Å². The smallest absolute Gasteiger partial charge is 0.334 e. The largest absolute Gasteiger partial charge is 0.416 e. The highest BCUT2D eigenvalue weighted by atomic mass is 19.4. The van der Waals surface area contributed by atoms with Crippen LogP contribution in [-0.4, -0.2) is 31.3 Å². The van der Waals surface area contributed by atoms with Crippen molar-refractivity contribution in [3.63, 3.8) is 0 Å². The highest BCUT2D eigenvalue weighted by Gasteiger charge is 2.32. The third-order valence-electron chi connectivity index (χ3n) is 6.27. The number of carbonyl (C=O) groups is 2. The average Bonchev–Trinajstić information content (AvgIpc) is 3.69. The van der Waals surface area contributed by atoms with Crippen LogP contribution in [0.3, 0.4) is 0 Å². The summed E-state index contributed by atoms with van der Waals surface area (Å²) in [6.45, 7) is 1.82. The normalized spacial score (nSPS) is 12.8. The Labute approximate surface area is 227 Å². The van der Waals surface area contributed by atoms with Crippen molar-refractivity contribution in [2.45, 2.75) is 25.9 Å². The van der Waals surface area contributed by atoms with Crippen molar-refractivity contribution in [2.75, 3.05) is 10.6 Å². The number of aromatic nitrogens is 4. The second-order valence-electron chi connectivity index (χ2n) is 9.45. The summed E-state index contributed by atoms with van der Waals surface area (Å²) in [6, 6.07) is 8.17. The van der Waals surface area contributed by atoms with Crippen LogP contribution in [0.4, 0.5) is 24.8 Å². The van der Waals surface area contributed by atoms with Gasteiger partial charge in [-0.3, -0.25) is 14.9 Å². The van der Waals surface area contributed by atoms with E-state index in [9.17, 15) is 22.8 Å². The van der Waals surface area contributed by atoms with Crippen LogP contribution in [0, 0.1) is 24.7 Å². The maximum absolute atomic E-state index is 13.6. The minimum Gasteiger partial charge on any atom is -0.334 e. The fourth-order valence-corrected chi connectivity index (χ4v) is 3.89. The monoisotopic (exact) mass is 544 g/mol. The number of benzene rings is 2. The molecule has 8 nitrogen and oxygen atoms in total. The first-order valence-corrected chi connectivity index (χ1v) is 12.3. The molecule has 2 aromatic heterocycles. The Hall–Kier alpha value is -4.98. The summed E-state index contributed by atoms with van der Waals surface area (Å²) >= 11 is 0. The van der Waals surface area contributed by atoms with Gasteiger partial charge in [0.15, 0.2) is 0 Å². The number of imidazole rings is 1. The SMILES string of the molecule is Cc1ccc(C(=O)Nc2cc(-c3nccn3C)cc(C(F)(F)F)c2)cc1C#Cc1cnc(NC(=O)C2CC2)nc1. The molecule has 11 heteroatoms. The number of nitrogens with one attached hydrogen (secondary N) is 2. The average molecular weight is 545 g/mol. The minimum absolute atomic E-state index is 0.0166. The van der Waals surface area contributed by atoms with Crippen molar-refractivity contribution in [1.29, 1.82) is 0 Å². The van der Waals surface area contributed by atoms with Gasteiger partial charge in [-0.15, -0.1) is 0 Å². The van der Waals surface area contributed by atoms with E-state index in [-0.39, 0.29) is 34.6 Å². The molecule has 0 unspecified atom stereocenters. The number of halogens is 3. The van der Waals surface area contributed by atoms with Crippen molar-refractivity contribution < 1.29 is 22.8 Å². The number of nitrogens with zero attached hydrogens (tertiary/aromatic N) is 4. The first-order valence-electron chi connectivity index (χ1n) is 12.3. The Morgan fingerprint density at radius 3 is 2.40 bits per heavy atom. The van der Waals surface area contributed by atoms with E-state index >= 15 is 0 Å². The van der Waals surface area contributed by atoms with E-state index in [1.807, 2.05) is 6.92 Å². The Kier molecular flexibility index (Phi) is 7.09. The summed E-state index contributed by atoms with van der Waals surface area (Å²) in [5.74, 6) is 5.80. The van der Waals surface area contributed by atoms with Gasteiger partial charge < -0.3 is 9.88 Å². The van der Waals surface area contributed by atoms with Gasteiger partial charge in [0.05, 0.1) is 11.1 Å². The molecule has 0 saturated heterocycles. The number of hydrogen-bond donors (Lipinski definition) is 2. The first kappa shape index (κ1) is 26.6. The van der Waals surface area contributed by atoms with Gasteiger partial charge in [-0.05, 0) is 55.7 Å². The quantitative estimate of drug-likeness (QED) is 0.336. The molecule has 1 aliphatic rings. The molecule has 2 heterocycles. The van der Waals surface area contributed by atoms with E-state index in [2.05, 4.69) is 37.4 Å². The Morgan fingerprint density at radius 1 is 1.00 bits per heavy atom. The Bertz CT molecular complexity index is 1660. The van der Waals surface area contributed by atoms with Gasteiger partial charge in [0.25, 0.3) is 5.91 Å². The maximum atomic E-state index is 13.6. The molecule has 0 spiro atoms. The van der Waals surface area contributed by atoms with Crippen LogP contribution >= 0.6 is 0 Å². The number of carbonyl (C=O) groups excluding carboxylic acids is 2. The van der Waals surface area contributed by atoms with Crippen molar-refractivity contribution >= 4 is 23.5 Å². The van der Waals surface area contributed by atoms with Gasteiger partial charge in [-0.1, -0.05) is 17.9 Å². The summed E-state index contributed by atoms with van der Waals surface area (Å²) in [7, 11) is 1.67. The van der Waals surface area contributed by atoms with Crippen LogP contribution in [-0.2, 0) is 18.0 Å². The van der Waals surface area contributed by atoms with E-state index in [4.69, 9.17) is 0 Å². The lowest BCUT2D eigenvalue weighted by molar-refractivity contribution is -0.137. The molecule has 5 rings (SSSR count). The van der Waals surface area contributed by atoms with E-state index < -0.39 is 17.6 Å². The molecular weight excluding hydrogens is 521 g/mol. The molecular formula is C29H23F3N6O2. The predicted octanol–water partition coefficient (Wildman–Crippen LogP) is 5.20. The molecule has 202 valence electrons. The number of hydrogen-bond acceptors (Lipinski definition) is 5. The maximum Gasteiger partial charge on any atom is 0.416 e. The number of rotatable bonds is 5. The van der Waals surface area contributed by atoms with Crippen LogP contribution in [0.1, 0.15) is 45.5 Å². The summed E-state index contributed by atoms with van der Waals surface area (Å²) in [4.78, 5) is 37.2. The van der Waals surface area contributed by atoms with Crippen molar-refractivity contribution in [1.82, 2.24) is 19.5 Å². The molecule has 1 aliphatic carbocycles. The third-order valence-corrected chi connectivity index (χ3v) is 6.27. The van der Waals surface area contributed by atoms with Crippen molar-refractivity contribution in [3.05, 3.63) is 89.0 Å². The van der Waals surface area contributed by atoms with Crippen molar-refractivity contribution in [2.24, 2.45) is 13.0 Å². The number of alkyl halides is 3. The van der Waals surface area contributed by atoms with Crippen LogP contribution in [0.25, 0.3) is 11.4 Å². The van der Waals surface area contributed by atoms with E-state index in [0.29, 0.717) is 17.0 Å². The highest BCUT2D eigenvalue weighted by molar-refractivity contribution is 6.05. The Morgan fingerprint density at radius 2 is 1.75 bits per heavy atom. The molecule has 0 aliphatic heterocycles. The number of anilines is 2. The molecule has 40 heavy (non-hydrogen) atoms. The lowest BCUT2D eigenvalue weighted by atomic mass is 10.0. The molecule has 2 aromatic carbocycles. The topological polar surface area (TPSA) is 102 Å². The second-order valence-corrected chi connectivity index (χ2v) is 9.45. The van der Waals surface area contributed by atoms with Gasteiger partial charge in [0, 0.05) is 60.1 Å². The molecule has 1 saturated carbocycles. The zero-order valence-electron chi connectivity index (χ0n) is 21.5. The minimum atomic E-state index is -4.61. The molecule has 0 radical (unpaired) electrons. The molecule has 2 amide bonds. The van der Waals surface area contributed by atoms with E-state index in [0.717, 1.165) is 30.5 Å². The van der Waals surface area contributed by atoms with Gasteiger partial charge in [0.1, 0.15) is 5.82 Å². The third kappa shape index (κ3) is 6.18. The summed E-state index contributed by atoms with van der Waals surface area (Å²) in [5.41, 5.74) is 1.38. The lowest BCUT2D eigenvalue weighted by Crippen LogP contribution is -2.15. The van der Waals surface area contributed by atoms with Gasteiger partial charge in [0.2, 0.25) is 11.9 Å². The molecule has 1 fully saturated rings.